The Labute approximate surface area is 142 Å². The maximum atomic E-state index is 12.0. The molecule has 1 N–H and O–H groups in total. The Morgan fingerprint density at radius 2 is 1.68 bits per heavy atom. The molecule has 0 aliphatic rings. The minimum atomic E-state index is -0.645. The SMILES string of the molecule is Cc1c(O)c(Oc2ccccc2)c(-c2cc3ccccc3o2)oc1=O. The Morgan fingerprint density at radius 1 is 0.960 bits per heavy atom. The maximum Gasteiger partial charge on any atom is 0.343 e. The summed E-state index contributed by atoms with van der Waals surface area (Å²) in [5, 5.41) is 11.3. The van der Waals surface area contributed by atoms with Crippen molar-refractivity contribution in [3.8, 4) is 28.8 Å². The predicted octanol–water partition coefficient (Wildman–Crippen LogP) is 4.86. The van der Waals surface area contributed by atoms with E-state index in [1.54, 1.807) is 30.3 Å². The average molecular weight is 334 g/mol. The van der Waals surface area contributed by atoms with E-state index in [9.17, 15) is 9.90 Å². The van der Waals surface area contributed by atoms with Gasteiger partial charge >= 0.3 is 5.63 Å². The number of aromatic hydroxyl groups is 1. The first-order chi connectivity index (χ1) is 12.1. The highest BCUT2D eigenvalue weighted by atomic mass is 16.5. The lowest BCUT2D eigenvalue weighted by Gasteiger charge is -2.11. The predicted molar refractivity (Wildman–Crippen MR) is 93.1 cm³/mol. The third-order valence-corrected chi connectivity index (χ3v) is 3.89. The first-order valence-electron chi connectivity index (χ1n) is 7.72. The topological polar surface area (TPSA) is 72.8 Å². The summed E-state index contributed by atoms with van der Waals surface area (Å²) in [5.41, 5.74) is 0.0741. The van der Waals surface area contributed by atoms with E-state index in [1.165, 1.54) is 6.92 Å². The lowest BCUT2D eigenvalue weighted by molar-refractivity contribution is 0.376. The molecule has 0 unspecified atom stereocenters. The van der Waals surface area contributed by atoms with Gasteiger partial charge in [-0.25, -0.2) is 4.79 Å². The van der Waals surface area contributed by atoms with Gasteiger partial charge in [0.15, 0.2) is 11.5 Å². The summed E-state index contributed by atoms with van der Waals surface area (Å²) in [5.74, 6) is 0.633. The smallest absolute Gasteiger partial charge is 0.343 e. The van der Waals surface area contributed by atoms with Crippen LogP contribution < -0.4 is 10.4 Å². The van der Waals surface area contributed by atoms with Crippen molar-refractivity contribution in [2.24, 2.45) is 0 Å². The second-order valence-electron chi connectivity index (χ2n) is 5.58. The van der Waals surface area contributed by atoms with Gasteiger partial charge in [0.25, 0.3) is 0 Å². The van der Waals surface area contributed by atoms with Gasteiger partial charge in [-0.2, -0.15) is 0 Å². The van der Waals surface area contributed by atoms with Gasteiger partial charge < -0.3 is 18.7 Å². The molecule has 124 valence electrons. The highest BCUT2D eigenvalue weighted by molar-refractivity contribution is 5.83. The lowest BCUT2D eigenvalue weighted by atomic mass is 10.2. The van der Waals surface area contributed by atoms with E-state index >= 15 is 0 Å². The normalized spacial score (nSPS) is 10.9. The first kappa shape index (κ1) is 15.1. The third kappa shape index (κ3) is 2.65. The largest absolute Gasteiger partial charge is 0.504 e. The molecule has 2 heterocycles. The Balaban J connectivity index is 1.93. The van der Waals surface area contributed by atoms with Crippen molar-refractivity contribution in [2.45, 2.75) is 6.92 Å². The summed E-state index contributed by atoms with van der Waals surface area (Å²) in [4.78, 5) is 12.0. The number of benzene rings is 2. The molecule has 4 rings (SSSR count). The molecule has 2 aromatic carbocycles. The van der Waals surface area contributed by atoms with Crippen LogP contribution in [0.1, 0.15) is 5.56 Å². The van der Waals surface area contributed by atoms with Gasteiger partial charge in [-0.15, -0.1) is 0 Å². The monoisotopic (exact) mass is 334 g/mol. The Hall–Kier alpha value is -3.47. The summed E-state index contributed by atoms with van der Waals surface area (Å²) >= 11 is 0. The van der Waals surface area contributed by atoms with Gasteiger partial charge in [-0.05, 0) is 31.2 Å². The molecular weight excluding hydrogens is 320 g/mol. The molecule has 0 bridgehead atoms. The molecule has 0 spiro atoms. The van der Waals surface area contributed by atoms with E-state index in [0.29, 0.717) is 17.1 Å². The van der Waals surface area contributed by atoms with Crippen LogP contribution in [0.2, 0.25) is 0 Å². The van der Waals surface area contributed by atoms with E-state index in [0.717, 1.165) is 5.39 Å². The molecule has 0 saturated heterocycles. The molecule has 0 aliphatic carbocycles. The molecule has 0 radical (unpaired) electrons. The van der Waals surface area contributed by atoms with Gasteiger partial charge in [-0.1, -0.05) is 36.4 Å². The molecule has 4 aromatic rings. The van der Waals surface area contributed by atoms with Gasteiger partial charge in [0.05, 0.1) is 5.56 Å². The number of furan rings is 1. The van der Waals surface area contributed by atoms with Crippen LogP contribution >= 0.6 is 0 Å². The standard InChI is InChI=1S/C20H14O5/c1-12-17(21)19(23-14-8-3-2-4-9-14)18(25-20(12)22)16-11-13-7-5-6-10-15(13)24-16/h2-11,21H,1H3. The highest BCUT2D eigenvalue weighted by Gasteiger charge is 2.23. The minimum absolute atomic E-state index is 0.0438. The summed E-state index contributed by atoms with van der Waals surface area (Å²) in [7, 11) is 0. The quantitative estimate of drug-likeness (QED) is 0.579. The number of fused-ring (bicyclic) bond motifs is 1. The third-order valence-electron chi connectivity index (χ3n) is 3.89. The second-order valence-corrected chi connectivity index (χ2v) is 5.58. The Morgan fingerprint density at radius 3 is 2.44 bits per heavy atom. The average Bonchev–Trinajstić information content (AvgIpc) is 3.07. The summed E-state index contributed by atoms with van der Waals surface area (Å²) in [6.45, 7) is 1.47. The second kappa shape index (κ2) is 5.87. The summed E-state index contributed by atoms with van der Waals surface area (Å²) in [6.07, 6.45) is 0. The van der Waals surface area contributed by atoms with Gasteiger partial charge in [0, 0.05) is 5.39 Å². The Kier molecular flexibility index (Phi) is 3.54. The van der Waals surface area contributed by atoms with Crippen LogP contribution in [0.15, 0.2) is 74.3 Å². The van der Waals surface area contributed by atoms with E-state index in [-0.39, 0.29) is 22.8 Å². The number of hydrogen-bond acceptors (Lipinski definition) is 5. The van der Waals surface area contributed by atoms with Crippen LogP contribution in [0.25, 0.3) is 22.5 Å². The van der Waals surface area contributed by atoms with Gasteiger partial charge in [-0.3, -0.25) is 0 Å². The van der Waals surface area contributed by atoms with Crippen molar-refractivity contribution in [1.29, 1.82) is 0 Å². The highest BCUT2D eigenvalue weighted by Crippen LogP contribution is 2.42. The molecule has 0 atom stereocenters. The van der Waals surface area contributed by atoms with Crippen LogP contribution in [0.5, 0.6) is 17.2 Å². The summed E-state index contributed by atoms with van der Waals surface area (Å²) < 4.78 is 16.9. The molecule has 0 amide bonds. The van der Waals surface area contributed by atoms with E-state index in [2.05, 4.69) is 0 Å². The van der Waals surface area contributed by atoms with E-state index in [4.69, 9.17) is 13.6 Å². The zero-order valence-corrected chi connectivity index (χ0v) is 13.4. The molecule has 0 saturated carbocycles. The Bertz CT molecular complexity index is 1070. The molecule has 25 heavy (non-hydrogen) atoms. The lowest BCUT2D eigenvalue weighted by Crippen LogP contribution is -2.05. The maximum absolute atomic E-state index is 12.0. The van der Waals surface area contributed by atoms with Crippen molar-refractivity contribution in [3.05, 3.63) is 76.6 Å². The van der Waals surface area contributed by atoms with Crippen LogP contribution in [0.3, 0.4) is 0 Å². The molecule has 2 aromatic heterocycles. The van der Waals surface area contributed by atoms with Crippen molar-refractivity contribution < 1.29 is 18.7 Å². The first-order valence-corrected chi connectivity index (χ1v) is 7.72. The molecule has 5 heteroatoms. The number of para-hydroxylation sites is 2. The fourth-order valence-electron chi connectivity index (χ4n) is 2.55. The van der Waals surface area contributed by atoms with E-state index < -0.39 is 5.63 Å². The van der Waals surface area contributed by atoms with Crippen LogP contribution in [-0.4, -0.2) is 5.11 Å². The number of rotatable bonds is 3. The van der Waals surface area contributed by atoms with Crippen molar-refractivity contribution >= 4 is 11.0 Å². The zero-order valence-electron chi connectivity index (χ0n) is 13.4. The van der Waals surface area contributed by atoms with Gasteiger partial charge in [0.2, 0.25) is 11.5 Å². The number of hydrogen-bond donors (Lipinski definition) is 1. The van der Waals surface area contributed by atoms with Gasteiger partial charge in [0.1, 0.15) is 11.3 Å². The molecule has 0 fully saturated rings. The fourth-order valence-corrected chi connectivity index (χ4v) is 2.55. The summed E-state index contributed by atoms with van der Waals surface area (Å²) in [6, 6.07) is 18.1. The fraction of sp³-hybridized carbons (Fsp3) is 0.0500. The minimum Gasteiger partial charge on any atom is -0.504 e. The van der Waals surface area contributed by atoms with Crippen molar-refractivity contribution in [3.63, 3.8) is 0 Å². The van der Waals surface area contributed by atoms with Crippen LogP contribution in [-0.2, 0) is 0 Å². The van der Waals surface area contributed by atoms with E-state index in [1.807, 2.05) is 30.3 Å². The van der Waals surface area contributed by atoms with Crippen LogP contribution in [0, 0.1) is 6.92 Å². The number of ether oxygens (including phenoxy) is 1. The van der Waals surface area contributed by atoms with Crippen LogP contribution in [0.4, 0.5) is 0 Å². The van der Waals surface area contributed by atoms with Crippen molar-refractivity contribution in [1.82, 2.24) is 0 Å². The molecule has 5 nitrogen and oxygen atoms in total. The molecular formula is C20H14O5. The molecule has 0 aliphatic heterocycles. The van der Waals surface area contributed by atoms with Crippen molar-refractivity contribution in [2.75, 3.05) is 0 Å². The zero-order chi connectivity index (χ0) is 17.4.